The molecule has 3 heteroatoms. The standard InChI is InChI=1S/C9H15N3/c1-7(2)3-8-4-9(5-10)12-6-11-8/h4,6-7H,3,5,10H2,1-2H3. The zero-order valence-electron chi connectivity index (χ0n) is 7.62. The van der Waals surface area contributed by atoms with Crippen molar-refractivity contribution < 1.29 is 0 Å². The van der Waals surface area contributed by atoms with E-state index in [9.17, 15) is 0 Å². The summed E-state index contributed by atoms with van der Waals surface area (Å²) in [5, 5.41) is 0. The zero-order valence-corrected chi connectivity index (χ0v) is 7.62. The maximum absolute atomic E-state index is 5.46. The highest BCUT2D eigenvalue weighted by Gasteiger charge is 1.99. The van der Waals surface area contributed by atoms with Crippen molar-refractivity contribution in [1.82, 2.24) is 9.97 Å². The fraction of sp³-hybridized carbons (Fsp3) is 0.556. The Kier molecular flexibility index (Phi) is 3.17. The van der Waals surface area contributed by atoms with Crippen molar-refractivity contribution >= 4 is 0 Å². The average molecular weight is 165 g/mol. The Hall–Kier alpha value is -0.960. The van der Waals surface area contributed by atoms with Crippen molar-refractivity contribution in [2.45, 2.75) is 26.8 Å². The van der Waals surface area contributed by atoms with Crippen LogP contribution in [0.15, 0.2) is 12.4 Å². The van der Waals surface area contributed by atoms with Crippen molar-refractivity contribution in [1.29, 1.82) is 0 Å². The Morgan fingerprint density at radius 2 is 2.00 bits per heavy atom. The van der Waals surface area contributed by atoms with Gasteiger partial charge in [-0.15, -0.1) is 0 Å². The second-order valence-electron chi connectivity index (χ2n) is 3.30. The first-order valence-corrected chi connectivity index (χ1v) is 4.22. The van der Waals surface area contributed by atoms with E-state index in [4.69, 9.17) is 5.73 Å². The second-order valence-corrected chi connectivity index (χ2v) is 3.30. The first-order chi connectivity index (χ1) is 5.72. The van der Waals surface area contributed by atoms with Gasteiger partial charge in [0.2, 0.25) is 0 Å². The molecule has 1 rings (SSSR count). The topological polar surface area (TPSA) is 51.8 Å². The molecule has 0 bridgehead atoms. The number of rotatable bonds is 3. The summed E-state index contributed by atoms with van der Waals surface area (Å²) in [7, 11) is 0. The van der Waals surface area contributed by atoms with E-state index < -0.39 is 0 Å². The molecule has 2 N–H and O–H groups in total. The van der Waals surface area contributed by atoms with E-state index in [-0.39, 0.29) is 0 Å². The van der Waals surface area contributed by atoms with E-state index >= 15 is 0 Å². The molecule has 0 saturated heterocycles. The van der Waals surface area contributed by atoms with Gasteiger partial charge in [0.15, 0.2) is 0 Å². The molecule has 0 spiro atoms. The maximum Gasteiger partial charge on any atom is 0.115 e. The van der Waals surface area contributed by atoms with Crippen LogP contribution in [0.25, 0.3) is 0 Å². The molecule has 1 heterocycles. The highest BCUT2D eigenvalue weighted by atomic mass is 14.8. The molecule has 0 aliphatic rings. The van der Waals surface area contributed by atoms with Gasteiger partial charge >= 0.3 is 0 Å². The Morgan fingerprint density at radius 1 is 1.33 bits per heavy atom. The second kappa shape index (κ2) is 4.16. The molecule has 0 radical (unpaired) electrons. The molecule has 0 atom stereocenters. The minimum Gasteiger partial charge on any atom is -0.325 e. The molecule has 0 saturated carbocycles. The Labute approximate surface area is 73.0 Å². The molecule has 66 valence electrons. The van der Waals surface area contributed by atoms with E-state index in [1.54, 1.807) is 6.33 Å². The largest absolute Gasteiger partial charge is 0.325 e. The summed E-state index contributed by atoms with van der Waals surface area (Å²) in [6.45, 7) is 4.84. The zero-order chi connectivity index (χ0) is 8.97. The molecule has 1 aromatic rings. The fourth-order valence-electron chi connectivity index (χ4n) is 1.09. The van der Waals surface area contributed by atoms with Crippen LogP contribution in [0.2, 0.25) is 0 Å². The summed E-state index contributed by atoms with van der Waals surface area (Å²) in [5.41, 5.74) is 7.46. The van der Waals surface area contributed by atoms with Crippen LogP contribution in [-0.4, -0.2) is 9.97 Å². The van der Waals surface area contributed by atoms with Crippen molar-refractivity contribution in [3.63, 3.8) is 0 Å². The smallest absolute Gasteiger partial charge is 0.115 e. The first kappa shape index (κ1) is 9.13. The minimum atomic E-state index is 0.494. The van der Waals surface area contributed by atoms with Crippen LogP contribution in [0.3, 0.4) is 0 Å². The summed E-state index contributed by atoms with van der Waals surface area (Å²) >= 11 is 0. The van der Waals surface area contributed by atoms with Gasteiger partial charge in [-0.2, -0.15) is 0 Å². The number of hydrogen-bond acceptors (Lipinski definition) is 3. The summed E-state index contributed by atoms with van der Waals surface area (Å²) in [6.07, 6.45) is 2.58. The molecule has 0 aliphatic carbocycles. The maximum atomic E-state index is 5.46. The van der Waals surface area contributed by atoms with Gasteiger partial charge in [-0.3, -0.25) is 0 Å². The van der Waals surface area contributed by atoms with Gasteiger partial charge in [0, 0.05) is 12.2 Å². The van der Waals surface area contributed by atoms with Crippen LogP contribution in [-0.2, 0) is 13.0 Å². The summed E-state index contributed by atoms with van der Waals surface area (Å²) in [6, 6.07) is 1.97. The predicted molar refractivity (Wildman–Crippen MR) is 48.5 cm³/mol. The molecule has 12 heavy (non-hydrogen) atoms. The van der Waals surface area contributed by atoms with Gasteiger partial charge in [-0.25, -0.2) is 9.97 Å². The van der Waals surface area contributed by atoms with E-state index in [0.29, 0.717) is 12.5 Å². The van der Waals surface area contributed by atoms with Crippen LogP contribution in [0.4, 0.5) is 0 Å². The number of nitrogens with zero attached hydrogens (tertiary/aromatic N) is 2. The van der Waals surface area contributed by atoms with Gasteiger partial charge < -0.3 is 5.73 Å². The summed E-state index contributed by atoms with van der Waals surface area (Å²) < 4.78 is 0. The molecule has 3 nitrogen and oxygen atoms in total. The van der Waals surface area contributed by atoms with Crippen LogP contribution in [0.5, 0.6) is 0 Å². The van der Waals surface area contributed by atoms with E-state index in [0.717, 1.165) is 17.8 Å². The number of aromatic nitrogens is 2. The molecule has 0 aliphatic heterocycles. The van der Waals surface area contributed by atoms with E-state index in [1.807, 2.05) is 6.07 Å². The lowest BCUT2D eigenvalue weighted by Gasteiger charge is -2.04. The SMILES string of the molecule is CC(C)Cc1cc(CN)ncn1. The van der Waals surface area contributed by atoms with Crippen LogP contribution in [0, 0.1) is 5.92 Å². The fourth-order valence-corrected chi connectivity index (χ4v) is 1.09. The molecule has 0 fully saturated rings. The Morgan fingerprint density at radius 3 is 2.58 bits per heavy atom. The minimum absolute atomic E-state index is 0.494. The van der Waals surface area contributed by atoms with Gasteiger partial charge in [-0.1, -0.05) is 13.8 Å². The third kappa shape index (κ3) is 2.58. The predicted octanol–water partition coefficient (Wildman–Crippen LogP) is 1.13. The summed E-state index contributed by atoms with van der Waals surface area (Å²) in [5.74, 6) is 0.630. The Bertz CT molecular complexity index is 245. The van der Waals surface area contributed by atoms with Crippen molar-refractivity contribution in [2.24, 2.45) is 11.7 Å². The van der Waals surface area contributed by atoms with Crippen molar-refractivity contribution in [3.05, 3.63) is 23.8 Å². The van der Waals surface area contributed by atoms with Gasteiger partial charge in [0.25, 0.3) is 0 Å². The van der Waals surface area contributed by atoms with Crippen molar-refractivity contribution in [3.8, 4) is 0 Å². The average Bonchev–Trinajstić information content (AvgIpc) is 2.03. The monoisotopic (exact) mass is 165 g/mol. The van der Waals surface area contributed by atoms with Crippen LogP contribution >= 0.6 is 0 Å². The van der Waals surface area contributed by atoms with Crippen molar-refractivity contribution in [2.75, 3.05) is 0 Å². The Balaban J connectivity index is 2.72. The van der Waals surface area contributed by atoms with Gasteiger partial charge in [0.05, 0.1) is 5.69 Å². The lowest BCUT2D eigenvalue weighted by Crippen LogP contribution is -2.03. The number of hydrogen-bond donors (Lipinski definition) is 1. The van der Waals surface area contributed by atoms with E-state index in [1.165, 1.54) is 0 Å². The summed E-state index contributed by atoms with van der Waals surface area (Å²) in [4.78, 5) is 8.19. The highest BCUT2D eigenvalue weighted by molar-refractivity contribution is 5.08. The lowest BCUT2D eigenvalue weighted by molar-refractivity contribution is 0.632. The molecule has 0 aromatic carbocycles. The van der Waals surface area contributed by atoms with Crippen LogP contribution in [0.1, 0.15) is 25.2 Å². The van der Waals surface area contributed by atoms with Gasteiger partial charge in [-0.05, 0) is 18.4 Å². The molecule has 1 aromatic heterocycles. The third-order valence-corrected chi connectivity index (χ3v) is 1.61. The van der Waals surface area contributed by atoms with Crippen LogP contribution < -0.4 is 5.73 Å². The third-order valence-electron chi connectivity index (χ3n) is 1.61. The molecular formula is C9H15N3. The number of nitrogens with two attached hydrogens (primary N) is 1. The quantitative estimate of drug-likeness (QED) is 0.730. The first-order valence-electron chi connectivity index (χ1n) is 4.22. The van der Waals surface area contributed by atoms with E-state index in [2.05, 4.69) is 23.8 Å². The lowest BCUT2D eigenvalue weighted by atomic mass is 10.1. The normalized spacial score (nSPS) is 10.7. The molecule has 0 unspecified atom stereocenters. The highest BCUT2D eigenvalue weighted by Crippen LogP contribution is 2.04. The van der Waals surface area contributed by atoms with Gasteiger partial charge in [0.1, 0.15) is 6.33 Å². The molecular weight excluding hydrogens is 150 g/mol. The molecule has 0 amide bonds.